The van der Waals surface area contributed by atoms with E-state index in [4.69, 9.17) is 19.9 Å². The van der Waals surface area contributed by atoms with Crippen LogP contribution in [0.2, 0.25) is 0 Å². The van der Waals surface area contributed by atoms with Crippen molar-refractivity contribution < 1.29 is 38.8 Å². The molecule has 5 atom stereocenters. The van der Waals surface area contributed by atoms with Gasteiger partial charge >= 0.3 is 5.97 Å². The molecule has 0 aromatic heterocycles. The molecule has 43 heavy (non-hydrogen) atoms. The third-order valence-corrected chi connectivity index (χ3v) is 7.84. The minimum atomic E-state index is -1.12. The number of ether oxygens (including phenoxy) is 3. The van der Waals surface area contributed by atoms with Gasteiger partial charge in [-0.25, -0.2) is 0 Å². The minimum absolute atomic E-state index is 0.00754. The van der Waals surface area contributed by atoms with Crippen LogP contribution in [0.5, 0.6) is 11.5 Å². The van der Waals surface area contributed by atoms with Crippen LogP contribution in [0.4, 0.5) is 0 Å². The first-order valence-electron chi connectivity index (χ1n) is 15.2. The van der Waals surface area contributed by atoms with Crippen molar-refractivity contribution >= 4 is 17.8 Å². The molecule has 0 bridgehead atoms. The van der Waals surface area contributed by atoms with Gasteiger partial charge in [0.05, 0.1) is 38.3 Å². The zero-order chi connectivity index (χ0) is 32.7. The molecule has 11 nitrogen and oxygen atoms in total. The topological polar surface area (TPSA) is 169 Å². The van der Waals surface area contributed by atoms with Crippen LogP contribution >= 0.6 is 0 Å². The second kappa shape index (κ2) is 19.4. The molecule has 2 amide bonds. The van der Waals surface area contributed by atoms with Crippen molar-refractivity contribution in [2.24, 2.45) is 35.3 Å². The van der Waals surface area contributed by atoms with Gasteiger partial charge in [0.2, 0.25) is 11.8 Å². The quantitative estimate of drug-likeness (QED) is 0.132. The molecule has 11 heteroatoms. The Morgan fingerprint density at radius 2 is 1.58 bits per heavy atom. The van der Waals surface area contributed by atoms with Gasteiger partial charge in [-0.3, -0.25) is 14.4 Å². The highest BCUT2D eigenvalue weighted by molar-refractivity contribution is 5.88. The molecule has 0 aliphatic carbocycles. The van der Waals surface area contributed by atoms with E-state index >= 15 is 0 Å². The maximum atomic E-state index is 13.4. The first-order chi connectivity index (χ1) is 20.2. The molecule has 0 aliphatic rings. The maximum absolute atomic E-state index is 13.4. The van der Waals surface area contributed by atoms with Gasteiger partial charge in [0.1, 0.15) is 6.04 Å². The van der Waals surface area contributed by atoms with E-state index in [-0.39, 0.29) is 36.6 Å². The van der Waals surface area contributed by atoms with Gasteiger partial charge < -0.3 is 40.8 Å². The van der Waals surface area contributed by atoms with E-state index in [1.54, 1.807) is 41.9 Å². The SMILES string of the molecule is COCCCOc1cc(C[C@@H](C[C@H](NC(=O)C(NC(=O)CN)C(C)C)[C@@H](O)C[C@H](C(=O)O)C(C)C)C(C)C)ccc1OC. The second-order valence-corrected chi connectivity index (χ2v) is 12.2. The van der Waals surface area contributed by atoms with Gasteiger partial charge in [-0.05, 0) is 60.6 Å². The first kappa shape index (κ1) is 38.1. The van der Waals surface area contributed by atoms with Crippen LogP contribution in [0.3, 0.4) is 0 Å². The first-order valence-corrected chi connectivity index (χ1v) is 15.2. The Labute approximate surface area is 257 Å². The average molecular weight is 610 g/mol. The molecule has 0 radical (unpaired) electrons. The van der Waals surface area contributed by atoms with Crippen molar-refractivity contribution in [3.05, 3.63) is 23.8 Å². The fourth-order valence-electron chi connectivity index (χ4n) is 5.00. The fourth-order valence-corrected chi connectivity index (χ4v) is 5.00. The van der Waals surface area contributed by atoms with E-state index in [9.17, 15) is 24.6 Å². The number of amides is 2. The largest absolute Gasteiger partial charge is 0.493 e. The number of nitrogens with two attached hydrogens (primary N) is 1. The lowest BCUT2D eigenvalue weighted by molar-refractivity contribution is -0.144. The summed E-state index contributed by atoms with van der Waals surface area (Å²) in [5.74, 6) is -1.72. The van der Waals surface area contributed by atoms with Crippen molar-refractivity contribution in [3.8, 4) is 11.5 Å². The number of carboxylic acids is 1. The summed E-state index contributed by atoms with van der Waals surface area (Å²) >= 11 is 0. The van der Waals surface area contributed by atoms with Gasteiger partial charge in [0.15, 0.2) is 11.5 Å². The Morgan fingerprint density at radius 1 is 0.907 bits per heavy atom. The summed E-state index contributed by atoms with van der Waals surface area (Å²) in [6.45, 7) is 12.2. The van der Waals surface area contributed by atoms with E-state index < -0.39 is 41.9 Å². The minimum Gasteiger partial charge on any atom is -0.493 e. The zero-order valence-corrected chi connectivity index (χ0v) is 27.2. The Bertz CT molecular complexity index is 1000. The lowest BCUT2D eigenvalue weighted by atomic mass is 9.80. The van der Waals surface area contributed by atoms with Crippen LogP contribution in [0.15, 0.2) is 18.2 Å². The molecule has 1 rings (SSSR count). The molecule has 1 aromatic carbocycles. The molecule has 0 saturated heterocycles. The summed E-state index contributed by atoms with van der Waals surface area (Å²) in [5.41, 5.74) is 6.46. The molecule has 246 valence electrons. The monoisotopic (exact) mass is 609 g/mol. The molecule has 0 aliphatic heterocycles. The number of carbonyl (C=O) groups is 3. The predicted octanol–water partition coefficient (Wildman–Crippen LogP) is 3.01. The maximum Gasteiger partial charge on any atom is 0.306 e. The van der Waals surface area contributed by atoms with E-state index in [0.717, 1.165) is 12.0 Å². The van der Waals surface area contributed by atoms with E-state index in [1.807, 2.05) is 18.2 Å². The highest BCUT2D eigenvalue weighted by Gasteiger charge is 2.34. The molecule has 0 saturated carbocycles. The molecular formula is C32H55N3O8. The summed E-state index contributed by atoms with van der Waals surface area (Å²) < 4.78 is 16.5. The Hall–Kier alpha value is -2.89. The molecule has 1 unspecified atom stereocenters. The van der Waals surface area contributed by atoms with Crippen LogP contribution in [0, 0.1) is 29.6 Å². The Kier molecular flexibility index (Phi) is 17.2. The van der Waals surface area contributed by atoms with Crippen LogP contribution in [-0.4, -0.2) is 80.2 Å². The number of carbonyl (C=O) groups excluding carboxylic acids is 2. The van der Waals surface area contributed by atoms with E-state index in [2.05, 4.69) is 24.5 Å². The van der Waals surface area contributed by atoms with Gasteiger partial charge in [-0.15, -0.1) is 0 Å². The number of aliphatic hydroxyl groups excluding tert-OH is 1. The van der Waals surface area contributed by atoms with Crippen molar-refractivity contribution in [2.45, 2.75) is 85.4 Å². The predicted molar refractivity (Wildman–Crippen MR) is 166 cm³/mol. The van der Waals surface area contributed by atoms with Crippen molar-refractivity contribution in [1.29, 1.82) is 0 Å². The van der Waals surface area contributed by atoms with Crippen LogP contribution in [0.25, 0.3) is 0 Å². The summed E-state index contributed by atoms with van der Waals surface area (Å²) in [6, 6.07) is 4.17. The van der Waals surface area contributed by atoms with Gasteiger partial charge in [-0.1, -0.05) is 47.6 Å². The summed E-state index contributed by atoms with van der Waals surface area (Å²) in [4.78, 5) is 37.4. The Balaban J connectivity index is 3.32. The zero-order valence-electron chi connectivity index (χ0n) is 27.2. The Morgan fingerprint density at radius 3 is 2.09 bits per heavy atom. The second-order valence-electron chi connectivity index (χ2n) is 12.2. The lowest BCUT2D eigenvalue weighted by Crippen LogP contribution is -2.56. The summed E-state index contributed by atoms with van der Waals surface area (Å²) in [6.07, 6.45) is 0.600. The van der Waals surface area contributed by atoms with Crippen molar-refractivity contribution in [1.82, 2.24) is 10.6 Å². The molecule has 0 fully saturated rings. The summed E-state index contributed by atoms with van der Waals surface area (Å²) in [7, 11) is 3.23. The number of aliphatic hydroxyl groups is 1. The number of nitrogens with one attached hydrogen (secondary N) is 2. The average Bonchev–Trinajstić information content (AvgIpc) is 2.95. The number of hydrogen-bond acceptors (Lipinski definition) is 8. The standard InChI is InChI=1S/C32H55N3O8/c1-19(2)23(14-22-10-11-27(42-8)28(15-22)43-13-9-12-41-7)16-25(26(36)17-24(20(3)4)32(39)40)34-31(38)30(21(5)6)35-29(37)18-33/h10-11,15,19-21,23-26,30,36H,9,12-14,16-18,33H2,1-8H3,(H,34,38)(H,35,37)(H,39,40)/t23-,24-,25-,26-,30?/m0/s1. The number of rotatable bonds is 21. The number of carboxylic acid groups (broad SMARTS) is 1. The summed E-state index contributed by atoms with van der Waals surface area (Å²) in [5, 5.41) is 26.8. The number of methoxy groups -OCH3 is 2. The molecule has 0 heterocycles. The van der Waals surface area contributed by atoms with Crippen LogP contribution in [0.1, 0.15) is 66.4 Å². The van der Waals surface area contributed by atoms with E-state index in [1.165, 1.54) is 0 Å². The van der Waals surface area contributed by atoms with E-state index in [0.29, 0.717) is 37.6 Å². The smallest absolute Gasteiger partial charge is 0.306 e. The van der Waals surface area contributed by atoms with Crippen LogP contribution < -0.4 is 25.8 Å². The molecule has 1 aromatic rings. The third kappa shape index (κ3) is 13.1. The molecule has 0 spiro atoms. The number of hydrogen-bond donors (Lipinski definition) is 5. The molecule has 6 N–H and O–H groups in total. The van der Waals surface area contributed by atoms with Crippen molar-refractivity contribution in [3.63, 3.8) is 0 Å². The normalized spacial score (nSPS) is 15.1. The van der Waals surface area contributed by atoms with Gasteiger partial charge in [0, 0.05) is 20.1 Å². The lowest BCUT2D eigenvalue weighted by Gasteiger charge is -2.33. The molecular weight excluding hydrogens is 554 g/mol. The fraction of sp³-hybridized carbons (Fsp3) is 0.719. The number of aliphatic carboxylic acids is 1. The van der Waals surface area contributed by atoms with Gasteiger partial charge in [-0.2, -0.15) is 0 Å². The van der Waals surface area contributed by atoms with Crippen LogP contribution in [-0.2, 0) is 25.5 Å². The highest BCUT2D eigenvalue weighted by atomic mass is 16.5. The third-order valence-electron chi connectivity index (χ3n) is 7.84. The number of benzene rings is 1. The van der Waals surface area contributed by atoms with Gasteiger partial charge in [0.25, 0.3) is 0 Å². The highest BCUT2D eigenvalue weighted by Crippen LogP contribution is 2.32. The van der Waals surface area contributed by atoms with Crippen molar-refractivity contribution in [2.75, 3.05) is 34.0 Å².